The SMILES string of the molecule is CCCc1[nH]c2cccc3c2c1C[C@@H]1[C@@H]3C[C@H](NC(=O)N(CC)CC)CN1CCC. The zero-order valence-electron chi connectivity index (χ0n) is 19.1. The van der Waals surface area contributed by atoms with Gasteiger partial charge in [-0.1, -0.05) is 32.4 Å². The van der Waals surface area contributed by atoms with E-state index in [1.807, 2.05) is 18.7 Å². The van der Waals surface area contributed by atoms with Gasteiger partial charge in [0.05, 0.1) is 0 Å². The third-order valence-corrected chi connectivity index (χ3v) is 7.18. The topological polar surface area (TPSA) is 51.4 Å². The largest absolute Gasteiger partial charge is 0.358 e. The van der Waals surface area contributed by atoms with E-state index in [-0.39, 0.29) is 12.1 Å². The Morgan fingerprint density at radius 1 is 1.20 bits per heavy atom. The Morgan fingerprint density at radius 2 is 2.00 bits per heavy atom. The van der Waals surface area contributed by atoms with Crippen molar-refractivity contribution in [3.05, 3.63) is 35.0 Å². The standard InChI is InChI=1S/C25H38N4O/c1-5-10-21-20-15-23-19(18-11-9-12-22(27-21)24(18)20)14-17(16-29(23)13-6-2)26-25(30)28(7-3)8-4/h9,11-12,17,19,23,27H,5-8,10,13-16H2,1-4H3,(H,26,30)/t17-,19+,23+/m0/s1. The number of aromatic nitrogens is 1. The highest BCUT2D eigenvalue weighted by molar-refractivity contribution is 5.89. The maximum Gasteiger partial charge on any atom is 0.317 e. The molecule has 2 N–H and O–H groups in total. The molecule has 0 radical (unpaired) electrons. The van der Waals surface area contributed by atoms with Gasteiger partial charge in [0.25, 0.3) is 0 Å². The number of benzene rings is 1. The van der Waals surface area contributed by atoms with E-state index in [4.69, 9.17) is 0 Å². The number of amides is 2. The van der Waals surface area contributed by atoms with Crippen LogP contribution in [0.25, 0.3) is 10.9 Å². The van der Waals surface area contributed by atoms with Crippen molar-refractivity contribution in [2.24, 2.45) is 0 Å². The van der Waals surface area contributed by atoms with E-state index in [9.17, 15) is 4.79 Å². The van der Waals surface area contributed by atoms with Gasteiger partial charge in [0.15, 0.2) is 0 Å². The van der Waals surface area contributed by atoms with Crippen LogP contribution in [0.4, 0.5) is 4.79 Å². The van der Waals surface area contributed by atoms with Crippen molar-refractivity contribution in [2.45, 2.75) is 77.8 Å². The van der Waals surface area contributed by atoms with Crippen LogP contribution in [0.2, 0.25) is 0 Å². The number of aromatic amines is 1. The molecule has 5 heteroatoms. The predicted octanol–water partition coefficient (Wildman–Crippen LogP) is 4.66. The summed E-state index contributed by atoms with van der Waals surface area (Å²) in [5.74, 6) is 0.480. The van der Waals surface area contributed by atoms with Crippen LogP contribution in [0.5, 0.6) is 0 Å². The lowest BCUT2D eigenvalue weighted by Gasteiger charge is -2.47. The fraction of sp³-hybridized carbons (Fsp3) is 0.640. The molecular weight excluding hydrogens is 372 g/mol. The highest BCUT2D eigenvalue weighted by atomic mass is 16.2. The Balaban J connectivity index is 1.67. The summed E-state index contributed by atoms with van der Waals surface area (Å²) in [5.41, 5.74) is 5.77. The number of urea groups is 1. The van der Waals surface area contributed by atoms with E-state index in [0.717, 1.165) is 51.9 Å². The van der Waals surface area contributed by atoms with Crippen LogP contribution in [0.1, 0.15) is 69.7 Å². The summed E-state index contributed by atoms with van der Waals surface area (Å²) >= 11 is 0. The molecule has 1 aliphatic heterocycles. The number of H-pyrrole nitrogens is 1. The van der Waals surface area contributed by atoms with E-state index in [1.165, 1.54) is 28.6 Å². The van der Waals surface area contributed by atoms with Crippen molar-refractivity contribution in [1.29, 1.82) is 0 Å². The van der Waals surface area contributed by atoms with Crippen molar-refractivity contribution >= 4 is 16.9 Å². The number of carbonyl (C=O) groups is 1. The quantitative estimate of drug-likeness (QED) is 0.697. The monoisotopic (exact) mass is 410 g/mol. The van der Waals surface area contributed by atoms with Crippen LogP contribution < -0.4 is 5.32 Å². The summed E-state index contributed by atoms with van der Waals surface area (Å²) in [6.45, 7) is 12.2. The van der Waals surface area contributed by atoms with Crippen LogP contribution in [-0.2, 0) is 12.8 Å². The Kier molecular flexibility index (Phi) is 6.37. The first kappa shape index (κ1) is 21.2. The number of nitrogens with one attached hydrogen (secondary N) is 2. The molecule has 4 rings (SSSR count). The summed E-state index contributed by atoms with van der Waals surface area (Å²) < 4.78 is 0. The number of aryl methyl sites for hydroxylation is 1. The molecule has 2 aromatic rings. The van der Waals surface area contributed by atoms with Gasteiger partial charge >= 0.3 is 6.03 Å². The molecule has 2 amide bonds. The van der Waals surface area contributed by atoms with Crippen LogP contribution in [0.3, 0.4) is 0 Å². The second-order valence-electron chi connectivity index (χ2n) is 9.03. The lowest BCUT2D eigenvalue weighted by molar-refractivity contribution is 0.0978. The molecule has 1 aromatic carbocycles. The van der Waals surface area contributed by atoms with Gasteiger partial charge in [-0.05, 0) is 63.3 Å². The summed E-state index contributed by atoms with van der Waals surface area (Å²) in [5, 5.41) is 4.83. The first-order valence-corrected chi connectivity index (χ1v) is 12.0. The molecule has 3 atom stereocenters. The molecule has 0 saturated carbocycles. The maximum atomic E-state index is 12.8. The van der Waals surface area contributed by atoms with Crippen LogP contribution in [0, 0.1) is 0 Å². The average Bonchev–Trinajstić information content (AvgIpc) is 3.09. The van der Waals surface area contributed by atoms with Gasteiger partial charge in [-0.15, -0.1) is 0 Å². The molecule has 0 spiro atoms. The van der Waals surface area contributed by atoms with Gasteiger partial charge in [0.2, 0.25) is 0 Å². The normalized spacial score (nSPS) is 23.4. The number of piperidine rings is 1. The molecule has 2 heterocycles. The summed E-state index contributed by atoms with van der Waals surface area (Å²) in [6, 6.07) is 7.60. The molecule has 30 heavy (non-hydrogen) atoms. The Bertz CT molecular complexity index is 885. The highest BCUT2D eigenvalue weighted by Crippen LogP contribution is 2.44. The van der Waals surface area contributed by atoms with Gasteiger partial charge in [0.1, 0.15) is 0 Å². The van der Waals surface area contributed by atoms with Crippen LogP contribution in [0.15, 0.2) is 18.2 Å². The smallest absolute Gasteiger partial charge is 0.317 e. The zero-order valence-corrected chi connectivity index (χ0v) is 19.1. The molecule has 1 aromatic heterocycles. The van der Waals surface area contributed by atoms with E-state index in [0.29, 0.717) is 12.0 Å². The van der Waals surface area contributed by atoms with Gasteiger partial charge in [0, 0.05) is 54.2 Å². The lowest BCUT2D eigenvalue weighted by Crippen LogP contribution is -2.58. The minimum absolute atomic E-state index is 0.0847. The summed E-state index contributed by atoms with van der Waals surface area (Å²) in [6.07, 6.45) is 5.60. The predicted molar refractivity (Wildman–Crippen MR) is 124 cm³/mol. The molecule has 5 nitrogen and oxygen atoms in total. The minimum Gasteiger partial charge on any atom is -0.358 e. The average molecular weight is 411 g/mol. The van der Waals surface area contributed by atoms with Gasteiger partial charge in [-0.2, -0.15) is 0 Å². The highest BCUT2D eigenvalue weighted by Gasteiger charge is 2.41. The second kappa shape index (κ2) is 9.01. The number of fused-ring (bicyclic) bond motifs is 2. The van der Waals surface area contributed by atoms with Gasteiger partial charge in [-0.25, -0.2) is 4.79 Å². The van der Waals surface area contributed by atoms with E-state index in [2.05, 4.69) is 47.2 Å². The van der Waals surface area contributed by atoms with E-state index >= 15 is 0 Å². The molecule has 0 bridgehead atoms. The lowest BCUT2D eigenvalue weighted by atomic mass is 9.73. The number of hydrogen-bond acceptors (Lipinski definition) is 2. The first-order valence-electron chi connectivity index (χ1n) is 12.0. The number of nitrogens with zero attached hydrogens (tertiary/aromatic N) is 2. The van der Waals surface area contributed by atoms with E-state index in [1.54, 1.807) is 5.56 Å². The molecule has 1 aliphatic carbocycles. The number of carbonyl (C=O) groups excluding carboxylic acids is 1. The fourth-order valence-electron chi connectivity index (χ4n) is 5.85. The molecular formula is C25H38N4O. The Hall–Kier alpha value is -2.01. The van der Waals surface area contributed by atoms with Crippen molar-refractivity contribution in [3.63, 3.8) is 0 Å². The molecule has 1 fully saturated rings. The van der Waals surface area contributed by atoms with Crippen molar-refractivity contribution in [3.8, 4) is 0 Å². The third kappa shape index (κ3) is 3.73. The summed E-state index contributed by atoms with van der Waals surface area (Å²) in [7, 11) is 0. The molecule has 0 unspecified atom stereocenters. The molecule has 2 aliphatic rings. The van der Waals surface area contributed by atoms with Crippen molar-refractivity contribution in [2.75, 3.05) is 26.2 Å². The number of likely N-dealkylation sites (tertiary alicyclic amines) is 1. The van der Waals surface area contributed by atoms with Crippen molar-refractivity contribution < 1.29 is 4.79 Å². The summed E-state index contributed by atoms with van der Waals surface area (Å²) in [4.78, 5) is 21.0. The number of rotatable bonds is 7. The Morgan fingerprint density at radius 3 is 2.70 bits per heavy atom. The van der Waals surface area contributed by atoms with Crippen LogP contribution in [-0.4, -0.2) is 59.1 Å². The zero-order chi connectivity index (χ0) is 21.3. The Labute approximate surface area is 181 Å². The van der Waals surface area contributed by atoms with Crippen molar-refractivity contribution in [1.82, 2.24) is 20.1 Å². The third-order valence-electron chi connectivity index (χ3n) is 7.18. The molecule has 1 saturated heterocycles. The second-order valence-corrected chi connectivity index (χ2v) is 9.03. The van der Waals surface area contributed by atoms with Gasteiger partial charge < -0.3 is 15.2 Å². The van der Waals surface area contributed by atoms with Gasteiger partial charge in [-0.3, -0.25) is 4.90 Å². The fourth-order valence-corrected chi connectivity index (χ4v) is 5.85. The van der Waals surface area contributed by atoms with Crippen LogP contribution >= 0.6 is 0 Å². The molecule has 164 valence electrons. The van der Waals surface area contributed by atoms with E-state index < -0.39 is 0 Å². The number of hydrogen-bond donors (Lipinski definition) is 2. The first-order chi connectivity index (χ1) is 14.6. The minimum atomic E-state index is 0.0847. The maximum absolute atomic E-state index is 12.8.